The summed E-state index contributed by atoms with van der Waals surface area (Å²) >= 11 is 0. The van der Waals surface area contributed by atoms with Crippen LogP contribution >= 0.6 is 0 Å². The van der Waals surface area contributed by atoms with E-state index < -0.39 is 0 Å². The van der Waals surface area contributed by atoms with E-state index in [9.17, 15) is 0 Å². The fourth-order valence-corrected chi connectivity index (χ4v) is 10.9. The molecule has 2 unspecified atom stereocenters. The normalized spacial score (nSPS) is 19.9. The average Bonchev–Trinajstić information content (AvgIpc) is 3.44. The highest BCUT2D eigenvalue weighted by Gasteiger charge is 2.61. The Kier molecular flexibility index (Phi) is 7.30. The Balaban J connectivity index is 1.29. The summed E-state index contributed by atoms with van der Waals surface area (Å²) in [6, 6.07) is 59.4. The summed E-state index contributed by atoms with van der Waals surface area (Å²) in [6.07, 6.45) is 4.83. The lowest BCUT2D eigenvalue weighted by atomic mass is 9.33. The molecule has 1 aliphatic carbocycles. The Morgan fingerprint density at radius 1 is 0.536 bits per heavy atom. The second-order valence-electron chi connectivity index (χ2n) is 17.0. The minimum absolute atomic E-state index is 0.0128. The predicted octanol–water partition coefficient (Wildman–Crippen LogP) is 11.8. The molecule has 1 saturated carbocycles. The topological polar surface area (TPSA) is 9.72 Å². The van der Waals surface area contributed by atoms with Crippen molar-refractivity contribution < 1.29 is 0 Å². The van der Waals surface area contributed by atoms with Crippen molar-refractivity contribution in [2.24, 2.45) is 0 Å². The van der Waals surface area contributed by atoms with Gasteiger partial charge in [-0.05, 0) is 127 Å². The van der Waals surface area contributed by atoms with Crippen molar-refractivity contribution in [3.8, 4) is 11.1 Å². The van der Waals surface area contributed by atoms with Crippen LogP contribution in [0.4, 0.5) is 45.5 Å². The first kappa shape index (κ1) is 33.4. The highest BCUT2D eigenvalue weighted by Crippen LogP contribution is 2.62. The largest absolute Gasteiger partial charge is 0.335 e. The van der Waals surface area contributed by atoms with E-state index >= 15 is 0 Å². The summed E-state index contributed by atoms with van der Waals surface area (Å²) in [6.45, 7) is 9.69. The highest BCUT2D eigenvalue weighted by atomic mass is 15.3. The maximum atomic E-state index is 2.85. The molecule has 7 aromatic carbocycles. The second kappa shape index (κ2) is 12.3. The number of nitrogens with zero attached hydrogens (tertiary/aromatic N) is 3. The van der Waals surface area contributed by atoms with Crippen LogP contribution in [0.25, 0.3) is 11.1 Å². The van der Waals surface area contributed by atoms with Gasteiger partial charge in [0.2, 0.25) is 0 Å². The van der Waals surface area contributed by atoms with Crippen LogP contribution < -0.4 is 31.1 Å². The number of fused-ring (bicyclic) bond motifs is 7. The second-order valence-corrected chi connectivity index (χ2v) is 17.0. The summed E-state index contributed by atoms with van der Waals surface area (Å²) in [4.78, 5) is 7.87. The zero-order valence-electron chi connectivity index (χ0n) is 32.8. The SMILES string of the molecule is Cc1ccc(N2c3ccc(C)cc3B3c4cc(-c5ccccc5)cc5c4N(c4cc(N(c6ccccc6)c6ccccc6)cc2c43)C2(C)CCCCC52C)cc1. The van der Waals surface area contributed by atoms with Gasteiger partial charge in [-0.15, -0.1) is 0 Å². The average molecular weight is 724 g/mol. The van der Waals surface area contributed by atoms with Gasteiger partial charge >= 0.3 is 0 Å². The van der Waals surface area contributed by atoms with Gasteiger partial charge in [0.15, 0.2) is 0 Å². The molecule has 3 nitrogen and oxygen atoms in total. The van der Waals surface area contributed by atoms with Crippen molar-refractivity contribution in [2.75, 3.05) is 14.7 Å². The fraction of sp³-hybridized carbons (Fsp3) is 0.192. The molecule has 272 valence electrons. The molecule has 0 spiro atoms. The highest BCUT2D eigenvalue weighted by molar-refractivity contribution is 7.00. The first-order valence-electron chi connectivity index (χ1n) is 20.4. The smallest absolute Gasteiger partial charge is 0.252 e. The number of anilines is 8. The summed E-state index contributed by atoms with van der Waals surface area (Å²) < 4.78 is 0. The summed E-state index contributed by atoms with van der Waals surface area (Å²) in [5, 5.41) is 0. The Morgan fingerprint density at radius 2 is 1.16 bits per heavy atom. The lowest BCUT2D eigenvalue weighted by Gasteiger charge is -2.53. The third-order valence-electron chi connectivity index (χ3n) is 13.9. The van der Waals surface area contributed by atoms with E-state index in [1.807, 2.05) is 0 Å². The van der Waals surface area contributed by atoms with Crippen molar-refractivity contribution in [3.05, 3.63) is 174 Å². The van der Waals surface area contributed by atoms with Gasteiger partial charge in [-0.2, -0.15) is 0 Å². The zero-order valence-corrected chi connectivity index (χ0v) is 32.8. The van der Waals surface area contributed by atoms with Crippen molar-refractivity contribution in [3.63, 3.8) is 0 Å². The lowest BCUT2D eigenvalue weighted by Crippen LogP contribution is -2.64. The molecular formula is C52H46BN3. The molecule has 0 radical (unpaired) electrons. The van der Waals surface area contributed by atoms with Gasteiger partial charge in [0, 0.05) is 45.2 Å². The van der Waals surface area contributed by atoms with Crippen molar-refractivity contribution in [1.82, 2.24) is 0 Å². The molecule has 11 rings (SSSR count). The monoisotopic (exact) mass is 723 g/mol. The third kappa shape index (κ3) is 4.65. The Hall–Kier alpha value is -6.00. The van der Waals surface area contributed by atoms with Gasteiger partial charge in [0.05, 0.1) is 11.2 Å². The molecule has 4 heteroatoms. The maximum absolute atomic E-state index is 2.85. The lowest BCUT2D eigenvalue weighted by molar-refractivity contribution is 0.195. The summed E-state index contributed by atoms with van der Waals surface area (Å²) in [7, 11) is 0. The molecule has 1 fully saturated rings. The predicted molar refractivity (Wildman–Crippen MR) is 238 cm³/mol. The molecule has 0 bridgehead atoms. The van der Waals surface area contributed by atoms with Crippen molar-refractivity contribution >= 4 is 68.6 Å². The van der Waals surface area contributed by atoms with Crippen LogP contribution in [0.1, 0.15) is 56.2 Å². The Bertz CT molecular complexity index is 2620. The van der Waals surface area contributed by atoms with Crippen molar-refractivity contribution in [1.29, 1.82) is 0 Å². The Morgan fingerprint density at radius 3 is 1.86 bits per heavy atom. The van der Waals surface area contributed by atoms with Gasteiger partial charge in [-0.1, -0.05) is 128 Å². The van der Waals surface area contributed by atoms with Crippen LogP contribution in [0.15, 0.2) is 158 Å². The van der Waals surface area contributed by atoms with E-state index in [2.05, 4.69) is 200 Å². The van der Waals surface area contributed by atoms with Gasteiger partial charge < -0.3 is 14.7 Å². The first-order chi connectivity index (χ1) is 27.3. The summed E-state index contributed by atoms with van der Waals surface area (Å²) in [5.74, 6) is 0. The van der Waals surface area contributed by atoms with E-state index in [0.717, 1.165) is 17.8 Å². The quantitative estimate of drug-likeness (QED) is 0.164. The van der Waals surface area contributed by atoms with E-state index in [4.69, 9.17) is 0 Å². The van der Waals surface area contributed by atoms with Crippen LogP contribution in [-0.2, 0) is 5.41 Å². The maximum Gasteiger partial charge on any atom is 0.252 e. The number of rotatable bonds is 5. The molecule has 0 aromatic heterocycles. The molecule has 3 heterocycles. The van der Waals surface area contributed by atoms with Crippen LogP contribution in [-0.4, -0.2) is 12.3 Å². The van der Waals surface area contributed by atoms with Gasteiger partial charge in [0.1, 0.15) is 0 Å². The molecule has 0 saturated heterocycles. The minimum atomic E-state index is -0.0963. The van der Waals surface area contributed by atoms with Crippen LogP contribution in [0.5, 0.6) is 0 Å². The van der Waals surface area contributed by atoms with E-state index in [-0.39, 0.29) is 17.7 Å². The van der Waals surface area contributed by atoms with Crippen molar-refractivity contribution in [2.45, 2.75) is 64.3 Å². The van der Waals surface area contributed by atoms with Crippen LogP contribution in [0, 0.1) is 13.8 Å². The minimum Gasteiger partial charge on any atom is -0.335 e. The number of hydrogen-bond donors (Lipinski definition) is 0. The number of para-hydroxylation sites is 2. The van der Waals surface area contributed by atoms with E-state index in [1.54, 1.807) is 0 Å². The fourth-order valence-electron chi connectivity index (χ4n) is 10.9. The number of aryl methyl sites for hydroxylation is 2. The van der Waals surface area contributed by atoms with Gasteiger partial charge in [-0.3, -0.25) is 0 Å². The summed E-state index contributed by atoms with van der Waals surface area (Å²) in [5.41, 5.74) is 20.8. The number of hydrogen-bond acceptors (Lipinski definition) is 3. The van der Waals surface area contributed by atoms with E-state index in [1.165, 1.54) is 97.6 Å². The first-order valence-corrected chi connectivity index (χ1v) is 20.4. The van der Waals surface area contributed by atoms with Gasteiger partial charge in [-0.25, -0.2) is 0 Å². The van der Waals surface area contributed by atoms with Crippen LogP contribution in [0.3, 0.4) is 0 Å². The van der Waals surface area contributed by atoms with Crippen LogP contribution in [0.2, 0.25) is 0 Å². The molecule has 3 aliphatic heterocycles. The standard InChI is InChI=1S/C52H46BN3/c1-35-22-25-41(26-23-35)55-46-27-24-36(2)30-44(46)53-45-32-38(37-16-8-5-9-17-37)31-43-50(45)56(52(4)29-15-14-28-51(43,52)3)48-34-42(33-47(55)49(48)53)54(39-18-10-6-11-19-39)40-20-12-7-13-21-40/h5-13,16-27,30-34H,14-15,28-29H2,1-4H3. The third-order valence-corrected chi connectivity index (χ3v) is 13.9. The molecule has 56 heavy (non-hydrogen) atoms. The zero-order chi connectivity index (χ0) is 37.8. The molecule has 0 amide bonds. The number of benzene rings is 7. The molecular weight excluding hydrogens is 677 g/mol. The molecule has 7 aromatic rings. The molecule has 0 N–H and O–H groups in total. The van der Waals surface area contributed by atoms with E-state index in [0.29, 0.717) is 0 Å². The Labute approximate surface area is 332 Å². The molecule has 2 atom stereocenters. The van der Waals surface area contributed by atoms with Gasteiger partial charge in [0.25, 0.3) is 6.71 Å². The molecule has 4 aliphatic rings.